The van der Waals surface area contributed by atoms with Gasteiger partial charge < -0.3 is 9.84 Å². The van der Waals surface area contributed by atoms with Gasteiger partial charge in [0.25, 0.3) is 0 Å². The molecule has 0 aliphatic carbocycles. The Labute approximate surface area is 120 Å². The van der Waals surface area contributed by atoms with E-state index in [2.05, 4.69) is 9.46 Å². The summed E-state index contributed by atoms with van der Waals surface area (Å²) in [5.41, 5.74) is -0.170. The van der Waals surface area contributed by atoms with E-state index in [-0.39, 0.29) is 22.7 Å². The van der Waals surface area contributed by atoms with E-state index in [1.165, 1.54) is 12.1 Å². The molecule has 7 nitrogen and oxygen atoms in total. The number of esters is 1. The molecule has 0 aliphatic heterocycles. The van der Waals surface area contributed by atoms with E-state index in [4.69, 9.17) is 16.7 Å². The topological polar surface area (TPSA) is 110 Å². The fourth-order valence-corrected chi connectivity index (χ4v) is 2.52. The van der Waals surface area contributed by atoms with Crippen LogP contribution in [0.2, 0.25) is 5.02 Å². The minimum absolute atomic E-state index is 0.00462. The fourth-order valence-electron chi connectivity index (χ4n) is 1.30. The molecule has 2 N–H and O–H groups in total. The van der Waals surface area contributed by atoms with E-state index in [1.807, 2.05) is 0 Å². The minimum atomic E-state index is -3.78. The molecule has 0 saturated heterocycles. The Hall–Kier alpha value is -1.80. The molecule has 1 rings (SSSR count). The van der Waals surface area contributed by atoms with Gasteiger partial charge in [-0.2, -0.15) is 0 Å². The van der Waals surface area contributed by atoms with Crippen LogP contribution in [0.1, 0.15) is 16.8 Å². The van der Waals surface area contributed by atoms with E-state index >= 15 is 0 Å². The number of carbonyl (C=O) groups excluding carboxylic acids is 1. The predicted molar refractivity (Wildman–Crippen MR) is 72.5 cm³/mol. The first-order chi connectivity index (χ1) is 9.25. The van der Waals surface area contributed by atoms with Gasteiger partial charge in [0.05, 0.1) is 29.9 Å². The Morgan fingerprint density at radius 3 is 2.60 bits per heavy atom. The lowest BCUT2D eigenvalue weighted by molar-refractivity contribution is -0.140. The van der Waals surface area contributed by atoms with Gasteiger partial charge in [0.2, 0.25) is 10.0 Å². The maximum Gasteiger partial charge on any atom is 0.337 e. The highest BCUT2D eigenvalue weighted by Gasteiger charge is 2.16. The summed E-state index contributed by atoms with van der Waals surface area (Å²) in [6, 6.07) is 3.69. The summed E-state index contributed by atoms with van der Waals surface area (Å²) in [6.07, 6.45) is -0.300. The number of rotatable bonds is 6. The Morgan fingerprint density at radius 2 is 2.05 bits per heavy atom. The molecular formula is C11H12ClNO6S. The third-order valence-electron chi connectivity index (χ3n) is 2.27. The fraction of sp³-hybridized carbons (Fsp3) is 0.273. The lowest BCUT2D eigenvalue weighted by Gasteiger charge is -2.08. The molecule has 20 heavy (non-hydrogen) atoms. The quantitative estimate of drug-likeness (QED) is 0.765. The third-order valence-corrected chi connectivity index (χ3v) is 3.89. The molecule has 1 aromatic rings. The highest BCUT2D eigenvalue weighted by Crippen LogP contribution is 2.21. The number of hydrogen-bond donors (Lipinski definition) is 2. The largest absolute Gasteiger partial charge is 0.478 e. The van der Waals surface area contributed by atoms with Crippen LogP contribution >= 0.6 is 11.6 Å². The highest BCUT2D eigenvalue weighted by molar-refractivity contribution is 7.92. The molecule has 0 aromatic heterocycles. The van der Waals surface area contributed by atoms with Crippen LogP contribution in [0.3, 0.4) is 0 Å². The van der Waals surface area contributed by atoms with Crippen LogP contribution in [0.25, 0.3) is 0 Å². The van der Waals surface area contributed by atoms with Gasteiger partial charge in [0.1, 0.15) is 0 Å². The van der Waals surface area contributed by atoms with Crippen LogP contribution < -0.4 is 4.72 Å². The van der Waals surface area contributed by atoms with Crippen molar-refractivity contribution in [2.24, 2.45) is 0 Å². The number of nitrogens with one attached hydrogen (secondary N) is 1. The van der Waals surface area contributed by atoms with Crippen molar-refractivity contribution in [3.8, 4) is 0 Å². The van der Waals surface area contributed by atoms with Crippen molar-refractivity contribution in [1.29, 1.82) is 0 Å². The summed E-state index contributed by atoms with van der Waals surface area (Å²) in [4.78, 5) is 21.8. The van der Waals surface area contributed by atoms with Crippen LogP contribution in [0.5, 0.6) is 0 Å². The highest BCUT2D eigenvalue weighted by atomic mass is 35.5. The zero-order chi connectivity index (χ0) is 15.3. The summed E-state index contributed by atoms with van der Waals surface area (Å²) >= 11 is 5.66. The van der Waals surface area contributed by atoms with Crippen LogP contribution in [-0.2, 0) is 19.6 Å². The molecule has 0 amide bonds. The van der Waals surface area contributed by atoms with E-state index < -0.39 is 27.7 Å². The number of ether oxygens (including phenoxy) is 1. The Balaban J connectivity index is 2.85. The summed E-state index contributed by atoms with van der Waals surface area (Å²) in [5, 5.41) is 8.87. The molecule has 0 fully saturated rings. The minimum Gasteiger partial charge on any atom is -0.478 e. The van der Waals surface area contributed by atoms with E-state index in [9.17, 15) is 18.0 Å². The third kappa shape index (κ3) is 4.71. The Kier molecular flexibility index (Phi) is 5.34. The molecule has 1 aromatic carbocycles. The first kappa shape index (κ1) is 16.3. The molecule has 110 valence electrons. The maximum absolute atomic E-state index is 11.7. The smallest absolute Gasteiger partial charge is 0.337 e. The number of anilines is 1. The first-order valence-corrected chi connectivity index (χ1v) is 7.38. The number of benzene rings is 1. The SMILES string of the molecule is COC(=O)CCS(=O)(=O)Nc1ccc(Cl)c(C(=O)O)c1. The zero-order valence-electron chi connectivity index (χ0n) is 10.4. The van der Waals surface area contributed by atoms with Gasteiger partial charge >= 0.3 is 11.9 Å². The van der Waals surface area contributed by atoms with Gasteiger partial charge in [-0.3, -0.25) is 9.52 Å². The second-order valence-electron chi connectivity index (χ2n) is 3.75. The molecule has 9 heteroatoms. The lowest BCUT2D eigenvalue weighted by Crippen LogP contribution is -2.19. The van der Waals surface area contributed by atoms with Crippen molar-refractivity contribution in [3.05, 3.63) is 28.8 Å². The van der Waals surface area contributed by atoms with Gasteiger partial charge in [-0.15, -0.1) is 0 Å². The predicted octanol–water partition coefficient (Wildman–Crippen LogP) is 1.34. The van der Waals surface area contributed by atoms with Crippen LogP contribution in [0.15, 0.2) is 18.2 Å². The van der Waals surface area contributed by atoms with E-state index in [0.717, 1.165) is 13.2 Å². The molecule has 0 heterocycles. The molecule has 0 spiro atoms. The lowest BCUT2D eigenvalue weighted by atomic mass is 10.2. The zero-order valence-corrected chi connectivity index (χ0v) is 12.0. The average Bonchev–Trinajstić information content (AvgIpc) is 2.37. The van der Waals surface area contributed by atoms with Gasteiger partial charge in [-0.05, 0) is 18.2 Å². The monoisotopic (exact) mass is 321 g/mol. The van der Waals surface area contributed by atoms with Crippen LogP contribution in [-0.4, -0.2) is 38.3 Å². The molecule has 0 saturated carbocycles. The second kappa shape index (κ2) is 6.58. The van der Waals surface area contributed by atoms with Crippen molar-refractivity contribution in [3.63, 3.8) is 0 Å². The maximum atomic E-state index is 11.7. The molecule has 0 aliphatic rings. The van der Waals surface area contributed by atoms with Crippen LogP contribution in [0, 0.1) is 0 Å². The molecule has 0 atom stereocenters. The number of methoxy groups -OCH3 is 1. The number of carboxylic acids is 1. The molecule has 0 unspecified atom stereocenters. The number of aromatic carboxylic acids is 1. The standard InChI is InChI=1S/C11H12ClNO6S/c1-19-10(14)4-5-20(17,18)13-7-2-3-9(12)8(6-7)11(15)16/h2-3,6,13H,4-5H2,1H3,(H,15,16). The van der Waals surface area contributed by atoms with Crippen molar-refractivity contribution in [2.75, 3.05) is 17.6 Å². The number of carbonyl (C=O) groups is 2. The first-order valence-electron chi connectivity index (χ1n) is 5.35. The van der Waals surface area contributed by atoms with Crippen molar-refractivity contribution in [1.82, 2.24) is 0 Å². The Morgan fingerprint density at radius 1 is 1.40 bits per heavy atom. The van der Waals surface area contributed by atoms with Gasteiger partial charge in [-0.1, -0.05) is 11.6 Å². The normalized spacial score (nSPS) is 10.9. The van der Waals surface area contributed by atoms with E-state index in [0.29, 0.717) is 0 Å². The van der Waals surface area contributed by atoms with Crippen LogP contribution in [0.4, 0.5) is 5.69 Å². The summed E-state index contributed by atoms with van der Waals surface area (Å²) in [5.74, 6) is -2.40. The number of sulfonamides is 1. The van der Waals surface area contributed by atoms with Crippen molar-refractivity contribution in [2.45, 2.75) is 6.42 Å². The van der Waals surface area contributed by atoms with Crippen molar-refractivity contribution < 1.29 is 27.9 Å². The summed E-state index contributed by atoms with van der Waals surface area (Å²) in [6.45, 7) is 0. The number of halogens is 1. The number of carboxylic acid groups (broad SMARTS) is 1. The van der Waals surface area contributed by atoms with E-state index in [1.54, 1.807) is 0 Å². The molecular weight excluding hydrogens is 310 g/mol. The molecule has 0 bridgehead atoms. The van der Waals surface area contributed by atoms with Crippen molar-refractivity contribution >= 4 is 39.3 Å². The number of hydrogen-bond acceptors (Lipinski definition) is 5. The summed E-state index contributed by atoms with van der Waals surface area (Å²) < 4.78 is 29.9. The second-order valence-corrected chi connectivity index (χ2v) is 6.00. The molecule has 0 radical (unpaired) electrons. The van der Waals surface area contributed by atoms with Gasteiger partial charge in [0.15, 0.2) is 0 Å². The summed E-state index contributed by atoms with van der Waals surface area (Å²) in [7, 11) is -2.63. The Bertz CT molecular complexity index is 628. The van der Waals surface area contributed by atoms with Gasteiger partial charge in [-0.25, -0.2) is 13.2 Å². The average molecular weight is 322 g/mol. The van der Waals surface area contributed by atoms with Gasteiger partial charge in [0, 0.05) is 5.69 Å².